The van der Waals surface area contributed by atoms with Crippen molar-refractivity contribution in [2.24, 2.45) is 0 Å². The first-order valence-electron chi connectivity index (χ1n) is 11.0. The zero-order valence-corrected chi connectivity index (χ0v) is 20.0. The summed E-state index contributed by atoms with van der Waals surface area (Å²) < 4.78 is 7.43. The topological polar surface area (TPSA) is 67.2 Å². The molecule has 0 saturated carbocycles. The molecule has 5 rings (SSSR count). The zero-order valence-electron chi connectivity index (χ0n) is 18.4. The number of nitrogens with zero attached hydrogens (tertiary/aromatic N) is 4. The van der Waals surface area contributed by atoms with Gasteiger partial charge in [-0.25, -0.2) is 4.98 Å². The number of rotatable bonds is 6. The van der Waals surface area contributed by atoms with E-state index in [1.54, 1.807) is 22.7 Å². The van der Waals surface area contributed by atoms with Crippen LogP contribution in [-0.4, -0.2) is 51.3 Å². The van der Waals surface area contributed by atoms with E-state index in [9.17, 15) is 9.59 Å². The molecule has 2 aromatic heterocycles. The Morgan fingerprint density at radius 3 is 2.71 bits per heavy atom. The van der Waals surface area contributed by atoms with Crippen LogP contribution in [-0.2, 0) is 13.2 Å². The van der Waals surface area contributed by atoms with Crippen molar-refractivity contribution in [1.82, 2.24) is 19.2 Å². The van der Waals surface area contributed by atoms with Crippen molar-refractivity contribution < 1.29 is 9.53 Å². The van der Waals surface area contributed by atoms with Crippen molar-refractivity contribution >= 4 is 33.8 Å². The zero-order chi connectivity index (χ0) is 23.5. The highest BCUT2D eigenvalue weighted by molar-refractivity contribution is 7.15. The van der Waals surface area contributed by atoms with E-state index < -0.39 is 0 Å². The van der Waals surface area contributed by atoms with Crippen LogP contribution in [0.3, 0.4) is 0 Å². The molecule has 2 aromatic carbocycles. The summed E-state index contributed by atoms with van der Waals surface area (Å²) in [7, 11) is 0. The third-order valence-corrected chi connectivity index (χ3v) is 6.77. The number of halogens is 1. The highest BCUT2D eigenvalue weighted by atomic mass is 35.5. The summed E-state index contributed by atoms with van der Waals surface area (Å²) in [6.45, 7) is 3.66. The fourth-order valence-electron chi connectivity index (χ4n) is 4.00. The molecule has 9 heteroatoms. The second-order valence-electron chi connectivity index (χ2n) is 8.16. The van der Waals surface area contributed by atoms with Crippen molar-refractivity contribution in [2.45, 2.75) is 13.2 Å². The predicted octanol–water partition coefficient (Wildman–Crippen LogP) is 3.95. The maximum Gasteiger partial charge on any atom is 0.258 e. The van der Waals surface area contributed by atoms with Crippen LogP contribution in [0.2, 0.25) is 5.02 Å². The Hall–Kier alpha value is -3.20. The number of carbonyl (C=O) groups excluding carboxylic acids is 1. The van der Waals surface area contributed by atoms with Crippen LogP contribution in [0.4, 0.5) is 0 Å². The van der Waals surface area contributed by atoms with E-state index in [0.29, 0.717) is 47.5 Å². The Kier molecular flexibility index (Phi) is 6.62. The van der Waals surface area contributed by atoms with Gasteiger partial charge in [-0.05, 0) is 35.9 Å². The SMILES string of the molecule is O=C(c1cccc(OCc2cccc(Cl)c2)c1)N1CCN(Cc2cc(=O)n3ccsc3n2)CC1. The smallest absolute Gasteiger partial charge is 0.258 e. The van der Waals surface area contributed by atoms with E-state index in [1.165, 1.54) is 11.3 Å². The van der Waals surface area contributed by atoms with Crippen molar-refractivity contribution in [3.8, 4) is 5.75 Å². The number of aromatic nitrogens is 2. The van der Waals surface area contributed by atoms with Crippen molar-refractivity contribution in [2.75, 3.05) is 26.2 Å². The lowest BCUT2D eigenvalue weighted by Gasteiger charge is -2.34. The summed E-state index contributed by atoms with van der Waals surface area (Å²) in [4.78, 5) is 34.7. The highest BCUT2D eigenvalue weighted by Crippen LogP contribution is 2.19. The predicted molar refractivity (Wildman–Crippen MR) is 133 cm³/mol. The van der Waals surface area contributed by atoms with Crippen LogP contribution in [0.1, 0.15) is 21.6 Å². The van der Waals surface area contributed by atoms with E-state index in [-0.39, 0.29) is 11.5 Å². The second kappa shape index (κ2) is 9.97. The van der Waals surface area contributed by atoms with E-state index >= 15 is 0 Å². The molecule has 0 aliphatic carbocycles. The molecule has 34 heavy (non-hydrogen) atoms. The molecule has 1 amide bonds. The van der Waals surface area contributed by atoms with Crippen LogP contribution >= 0.6 is 22.9 Å². The lowest BCUT2D eigenvalue weighted by atomic mass is 10.1. The maximum absolute atomic E-state index is 13.1. The van der Waals surface area contributed by atoms with Gasteiger partial charge in [0, 0.05) is 61.0 Å². The summed E-state index contributed by atoms with van der Waals surface area (Å²) in [5.74, 6) is 0.634. The molecule has 1 saturated heterocycles. The van der Waals surface area contributed by atoms with Crippen LogP contribution in [0.15, 0.2) is 71.0 Å². The average molecular weight is 495 g/mol. The summed E-state index contributed by atoms with van der Waals surface area (Å²) in [5, 5.41) is 2.52. The summed E-state index contributed by atoms with van der Waals surface area (Å²) in [6, 6.07) is 16.4. The van der Waals surface area contributed by atoms with Crippen molar-refractivity contribution in [3.63, 3.8) is 0 Å². The third kappa shape index (κ3) is 5.14. The van der Waals surface area contributed by atoms with Gasteiger partial charge in [-0.2, -0.15) is 0 Å². The monoisotopic (exact) mass is 494 g/mol. The van der Waals surface area contributed by atoms with E-state index in [1.807, 2.05) is 52.7 Å². The number of hydrogen-bond donors (Lipinski definition) is 0. The molecule has 4 aromatic rings. The lowest BCUT2D eigenvalue weighted by molar-refractivity contribution is 0.0626. The first kappa shape index (κ1) is 22.6. The molecule has 1 aliphatic heterocycles. The van der Waals surface area contributed by atoms with Gasteiger partial charge < -0.3 is 9.64 Å². The normalized spacial score (nSPS) is 14.4. The van der Waals surface area contributed by atoms with Crippen LogP contribution < -0.4 is 10.3 Å². The molecule has 0 spiro atoms. The molecule has 1 fully saturated rings. The molecule has 7 nitrogen and oxygen atoms in total. The third-order valence-electron chi connectivity index (χ3n) is 5.78. The molecule has 1 aliphatic rings. The number of amides is 1. The van der Waals surface area contributed by atoms with Crippen molar-refractivity contribution in [1.29, 1.82) is 0 Å². The van der Waals surface area contributed by atoms with Gasteiger partial charge >= 0.3 is 0 Å². The number of ether oxygens (including phenoxy) is 1. The highest BCUT2D eigenvalue weighted by Gasteiger charge is 2.23. The Morgan fingerprint density at radius 2 is 1.88 bits per heavy atom. The average Bonchev–Trinajstić information content (AvgIpc) is 3.32. The maximum atomic E-state index is 13.1. The largest absolute Gasteiger partial charge is 0.489 e. The molecular formula is C25H23ClN4O3S. The van der Waals surface area contributed by atoms with Gasteiger partial charge in [0.05, 0.1) is 5.69 Å². The van der Waals surface area contributed by atoms with Gasteiger partial charge in [-0.3, -0.25) is 18.9 Å². The number of benzene rings is 2. The number of piperazine rings is 1. The number of fused-ring (bicyclic) bond motifs is 1. The number of thiazole rings is 1. The molecule has 0 bridgehead atoms. The van der Waals surface area contributed by atoms with E-state index in [4.69, 9.17) is 16.3 Å². The van der Waals surface area contributed by atoms with Crippen LogP contribution in [0.25, 0.3) is 4.96 Å². The lowest BCUT2D eigenvalue weighted by Crippen LogP contribution is -2.48. The molecular weight excluding hydrogens is 472 g/mol. The Bertz CT molecular complexity index is 1380. The number of carbonyl (C=O) groups is 1. The molecule has 0 unspecified atom stereocenters. The fraction of sp³-hybridized carbons (Fsp3) is 0.240. The molecule has 174 valence electrons. The summed E-state index contributed by atoms with van der Waals surface area (Å²) >= 11 is 7.48. The Balaban J connectivity index is 1.17. The first-order valence-corrected chi connectivity index (χ1v) is 12.3. The van der Waals surface area contributed by atoms with Gasteiger partial charge in [-0.1, -0.05) is 29.8 Å². The minimum absolute atomic E-state index is 0.00997. The van der Waals surface area contributed by atoms with Gasteiger partial charge in [0.1, 0.15) is 12.4 Å². The van der Waals surface area contributed by atoms with E-state index in [2.05, 4.69) is 9.88 Å². The second-order valence-corrected chi connectivity index (χ2v) is 9.47. The van der Waals surface area contributed by atoms with E-state index in [0.717, 1.165) is 24.3 Å². The molecule has 0 radical (unpaired) electrons. The van der Waals surface area contributed by atoms with Gasteiger partial charge in [0.25, 0.3) is 11.5 Å². The quantitative estimate of drug-likeness (QED) is 0.406. The summed E-state index contributed by atoms with van der Waals surface area (Å²) in [5.41, 5.74) is 2.27. The Morgan fingerprint density at radius 1 is 1.06 bits per heavy atom. The van der Waals surface area contributed by atoms with Crippen LogP contribution in [0, 0.1) is 0 Å². The minimum atomic E-state index is -0.0625. The van der Waals surface area contributed by atoms with Crippen molar-refractivity contribution in [3.05, 3.63) is 98.4 Å². The fourth-order valence-corrected chi connectivity index (χ4v) is 4.95. The van der Waals surface area contributed by atoms with Gasteiger partial charge in [-0.15, -0.1) is 11.3 Å². The van der Waals surface area contributed by atoms with Crippen LogP contribution in [0.5, 0.6) is 5.75 Å². The van der Waals surface area contributed by atoms with Gasteiger partial charge in [0.2, 0.25) is 0 Å². The minimum Gasteiger partial charge on any atom is -0.489 e. The molecule has 0 atom stereocenters. The summed E-state index contributed by atoms with van der Waals surface area (Å²) in [6.07, 6.45) is 1.74. The molecule has 0 N–H and O–H groups in total. The standard InChI is InChI=1S/C25H23ClN4O3S/c26-20-5-1-3-18(13-20)17-33-22-6-2-4-19(14-22)24(32)29-9-7-28(8-10-29)16-21-15-23(31)30-11-12-34-25(30)27-21/h1-6,11-15H,7-10,16-17H2. The van der Waals surface area contributed by atoms with Gasteiger partial charge in [0.15, 0.2) is 4.96 Å². The molecule has 3 heterocycles. The first-order chi connectivity index (χ1) is 16.5. The number of hydrogen-bond acceptors (Lipinski definition) is 6. The Labute approximate surface area is 205 Å².